The van der Waals surface area contributed by atoms with Gasteiger partial charge in [0.05, 0.1) is 6.54 Å². The molecule has 3 N–H and O–H groups in total. The third-order valence-corrected chi connectivity index (χ3v) is 4.20. The van der Waals surface area contributed by atoms with Gasteiger partial charge in [0.2, 0.25) is 5.91 Å². The van der Waals surface area contributed by atoms with Gasteiger partial charge in [-0.15, -0.1) is 0 Å². The van der Waals surface area contributed by atoms with Crippen LogP contribution in [0.5, 0.6) is 0 Å². The van der Waals surface area contributed by atoms with Gasteiger partial charge in [0.15, 0.2) is 0 Å². The summed E-state index contributed by atoms with van der Waals surface area (Å²) in [5.41, 5.74) is 2.84. The lowest BCUT2D eigenvalue weighted by molar-refractivity contribution is -0.120. The molecule has 5 nitrogen and oxygen atoms in total. The van der Waals surface area contributed by atoms with E-state index in [-0.39, 0.29) is 23.8 Å². The Morgan fingerprint density at radius 3 is 2.15 bits per heavy atom. The Morgan fingerprint density at radius 2 is 1.52 bits per heavy atom. The summed E-state index contributed by atoms with van der Waals surface area (Å²) in [4.78, 5) is 24.0. The maximum Gasteiger partial charge on any atom is 0.251 e. The molecule has 0 saturated heterocycles. The summed E-state index contributed by atoms with van der Waals surface area (Å²) in [6.07, 6.45) is 0.808. The molecule has 0 saturated carbocycles. The Kier molecular flexibility index (Phi) is 7.41. The van der Waals surface area contributed by atoms with Gasteiger partial charge >= 0.3 is 0 Å². The van der Waals surface area contributed by atoms with E-state index in [9.17, 15) is 9.59 Å². The van der Waals surface area contributed by atoms with Crippen LogP contribution in [0.25, 0.3) is 0 Å². The van der Waals surface area contributed by atoms with Gasteiger partial charge in [0.1, 0.15) is 0 Å². The van der Waals surface area contributed by atoms with E-state index in [1.807, 2.05) is 42.5 Å². The number of nitrogens with one attached hydrogen (secondary N) is 3. The number of hydrogen-bond donors (Lipinski definition) is 3. The van der Waals surface area contributed by atoms with Crippen LogP contribution in [0.2, 0.25) is 0 Å². The molecule has 0 aliphatic heterocycles. The lowest BCUT2D eigenvalue weighted by Gasteiger charge is -2.19. The fourth-order valence-corrected chi connectivity index (χ4v) is 2.55. The number of anilines is 1. The number of carbonyl (C=O) groups excluding carboxylic acids is 2. The second-order valence-corrected chi connectivity index (χ2v) is 7.51. The predicted molar refractivity (Wildman–Crippen MR) is 110 cm³/mol. The second kappa shape index (κ2) is 9.76. The molecule has 0 heterocycles. The highest BCUT2D eigenvalue weighted by atomic mass is 16.2. The lowest BCUT2D eigenvalue weighted by atomic mass is 9.87. The van der Waals surface area contributed by atoms with Crippen molar-refractivity contribution in [3.05, 3.63) is 65.7 Å². The zero-order valence-electron chi connectivity index (χ0n) is 16.3. The largest absolute Gasteiger partial charge is 0.385 e. The Hall–Kier alpha value is -2.82. The van der Waals surface area contributed by atoms with Gasteiger partial charge in [0, 0.05) is 24.3 Å². The number of amides is 2. The fraction of sp³-hybridized carbons (Fsp3) is 0.364. The van der Waals surface area contributed by atoms with Crippen LogP contribution in [0.1, 0.15) is 43.1 Å². The van der Waals surface area contributed by atoms with Crippen LogP contribution in [-0.2, 0) is 10.2 Å². The first-order valence-corrected chi connectivity index (χ1v) is 9.30. The molecule has 2 aromatic carbocycles. The van der Waals surface area contributed by atoms with Crippen LogP contribution < -0.4 is 16.0 Å². The minimum atomic E-state index is -0.239. The SMILES string of the molecule is CC(C)(C)c1ccc(C(=O)NCC(=O)NCCCNc2ccccc2)cc1. The highest BCUT2D eigenvalue weighted by molar-refractivity contribution is 5.96. The first-order valence-electron chi connectivity index (χ1n) is 9.30. The Morgan fingerprint density at radius 1 is 0.852 bits per heavy atom. The van der Waals surface area contributed by atoms with Crippen LogP contribution in [-0.4, -0.2) is 31.4 Å². The monoisotopic (exact) mass is 367 g/mol. The summed E-state index contributed by atoms with van der Waals surface area (Å²) in [6.45, 7) is 7.70. The second-order valence-electron chi connectivity index (χ2n) is 7.51. The number of rotatable bonds is 8. The highest BCUT2D eigenvalue weighted by Gasteiger charge is 2.14. The van der Waals surface area contributed by atoms with E-state index in [4.69, 9.17) is 0 Å². The molecule has 0 aliphatic carbocycles. The van der Waals surface area contributed by atoms with Gasteiger partial charge in [-0.3, -0.25) is 9.59 Å². The van der Waals surface area contributed by atoms with Crippen molar-refractivity contribution in [1.29, 1.82) is 0 Å². The normalized spacial score (nSPS) is 10.9. The Labute approximate surface area is 161 Å². The third-order valence-electron chi connectivity index (χ3n) is 4.20. The molecule has 0 radical (unpaired) electrons. The molecule has 2 aromatic rings. The first-order chi connectivity index (χ1) is 12.9. The summed E-state index contributed by atoms with van der Waals surface area (Å²) in [5, 5.41) is 8.75. The van der Waals surface area contributed by atoms with Gasteiger partial charge in [-0.05, 0) is 41.7 Å². The van der Waals surface area contributed by atoms with Crippen LogP contribution in [0.3, 0.4) is 0 Å². The smallest absolute Gasteiger partial charge is 0.251 e. The molecule has 144 valence electrons. The van der Waals surface area contributed by atoms with Crippen molar-refractivity contribution in [3.8, 4) is 0 Å². The van der Waals surface area contributed by atoms with Crippen molar-refractivity contribution in [3.63, 3.8) is 0 Å². The van der Waals surface area contributed by atoms with Gasteiger partial charge < -0.3 is 16.0 Å². The van der Waals surface area contributed by atoms with Gasteiger partial charge in [-0.1, -0.05) is 51.1 Å². The molecule has 2 rings (SSSR count). The maximum absolute atomic E-state index is 12.1. The van der Waals surface area contributed by atoms with Crippen molar-refractivity contribution in [2.45, 2.75) is 32.6 Å². The highest BCUT2D eigenvalue weighted by Crippen LogP contribution is 2.22. The fourth-order valence-electron chi connectivity index (χ4n) is 2.55. The lowest BCUT2D eigenvalue weighted by Crippen LogP contribution is -2.37. The average Bonchev–Trinajstić information content (AvgIpc) is 2.66. The molecule has 2 amide bonds. The molecular formula is C22H29N3O2. The summed E-state index contributed by atoms with van der Waals surface area (Å²) < 4.78 is 0. The van der Waals surface area contributed by atoms with Gasteiger partial charge in [-0.25, -0.2) is 0 Å². The zero-order chi connectivity index (χ0) is 19.7. The number of benzene rings is 2. The van der Waals surface area contributed by atoms with E-state index in [1.54, 1.807) is 12.1 Å². The summed E-state index contributed by atoms with van der Waals surface area (Å²) >= 11 is 0. The van der Waals surface area contributed by atoms with E-state index in [2.05, 4.69) is 36.7 Å². The molecule has 0 aliphatic rings. The quantitative estimate of drug-likeness (QED) is 0.627. The molecule has 0 unspecified atom stereocenters. The topological polar surface area (TPSA) is 70.2 Å². The standard InChI is InChI=1S/C22H29N3O2/c1-22(2,3)18-12-10-17(11-13-18)21(27)25-16-20(26)24-15-7-14-23-19-8-5-4-6-9-19/h4-6,8-13,23H,7,14-16H2,1-3H3,(H,24,26)(H,25,27). The van der Waals surface area contributed by atoms with E-state index < -0.39 is 0 Å². The Balaban J connectivity index is 1.64. The zero-order valence-corrected chi connectivity index (χ0v) is 16.3. The van der Waals surface area contributed by atoms with Crippen LogP contribution in [0.15, 0.2) is 54.6 Å². The molecule has 5 heteroatoms. The Bertz CT molecular complexity index is 734. The number of hydrogen-bond acceptors (Lipinski definition) is 3. The minimum Gasteiger partial charge on any atom is -0.385 e. The molecule has 27 heavy (non-hydrogen) atoms. The van der Waals surface area contributed by atoms with Crippen molar-refractivity contribution in [1.82, 2.24) is 10.6 Å². The minimum absolute atomic E-state index is 0.0219. The molecule has 0 spiro atoms. The third kappa shape index (κ3) is 7.13. The van der Waals surface area contributed by atoms with Crippen LogP contribution in [0, 0.1) is 0 Å². The molecule has 0 fully saturated rings. The first kappa shape index (κ1) is 20.5. The van der Waals surface area contributed by atoms with Crippen LogP contribution >= 0.6 is 0 Å². The van der Waals surface area contributed by atoms with E-state index in [1.165, 1.54) is 5.56 Å². The van der Waals surface area contributed by atoms with E-state index in [0.717, 1.165) is 18.7 Å². The molecule has 0 bridgehead atoms. The maximum atomic E-state index is 12.1. The van der Waals surface area contributed by atoms with Crippen molar-refractivity contribution in [2.24, 2.45) is 0 Å². The average molecular weight is 367 g/mol. The predicted octanol–water partition coefficient (Wildman–Crippen LogP) is 3.33. The van der Waals surface area contributed by atoms with E-state index >= 15 is 0 Å². The van der Waals surface area contributed by atoms with Crippen molar-refractivity contribution >= 4 is 17.5 Å². The van der Waals surface area contributed by atoms with Crippen molar-refractivity contribution in [2.75, 3.05) is 25.0 Å². The van der Waals surface area contributed by atoms with Gasteiger partial charge in [-0.2, -0.15) is 0 Å². The number of carbonyl (C=O) groups is 2. The molecule has 0 aromatic heterocycles. The van der Waals surface area contributed by atoms with Crippen molar-refractivity contribution < 1.29 is 9.59 Å². The van der Waals surface area contributed by atoms with Crippen LogP contribution in [0.4, 0.5) is 5.69 Å². The molecule has 0 atom stereocenters. The van der Waals surface area contributed by atoms with Gasteiger partial charge in [0.25, 0.3) is 5.91 Å². The summed E-state index contributed by atoms with van der Waals surface area (Å²) in [7, 11) is 0. The summed E-state index contributed by atoms with van der Waals surface area (Å²) in [5.74, 6) is -0.425. The van der Waals surface area contributed by atoms with E-state index in [0.29, 0.717) is 12.1 Å². The summed E-state index contributed by atoms with van der Waals surface area (Å²) in [6, 6.07) is 17.4. The molecular weight excluding hydrogens is 338 g/mol. The number of para-hydroxylation sites is 1.